The first-order chi connectivity index (χ1) is 11.9. The number of hydrogen-bond donors (Lipinski definition) is 0. The van der Waals surface area contributed by atoms with E-state index in [-0.39, 0.29) is 0 Å². The van der Waals surface area contributed by atoms with Crippen LogP contribution in [0.15, 0.2) is 90.8 Å². The lowest BCUT2D eigenvalue weighted by Gasteiger charge is -2.16. The first kappa shape index (κ1) is 15.1. The standard InChI is InChI=1S/C23H19P/c1-2-16-24-23-20-14-8-6-12-18(20)22(17-10-4-3-5-11-17)19-13-7-9-15-21(19)23/h2-16,24H,1H3/b16-2-. The zero-order valence-electron chi connectivity index (χ0n) is 13.7. The second-order valence-electron chi connectivity index (χ2n) is 5.85. The van der Waals surface area contributed by atoms with Gasteiger partial charge in [0.05, 0.1) is 0 Å². The summed E-state index contributed by atoms with van der Waals surface area (Å²) in [5.41, 5.74) is 2.63. The highest BCUT2D eigenvalue weighted by molar-refractivity contribution is 7.51. The van der Waals surface area contributed by atoms with E-state index in [2.05, 4.69) is 97.7 Å². The van der Waals surface area contributed by atoms with Gasteiger partial charge in [0.1, 0.15) is 0 Å². The lowest BCUT2D eigenvalue weighted by molar-refractivity contribution is 1.68. The van der Waals surface area contributed by atoms with E-state index in [0.29, 0.717) is 8.58 Å². The van der Waals surface area contributed by atoms with Crippen LogP contribution in [0.5, 0.6) is 0 Å². The van der Waals surface area contributed by atoms with Gasteiger partial charge in [0.15, 0.2) is 0 Å². The molecule has 4 aromatic carbocycles. The summed E-state index contributed by atoms with van der Waals surface area (Å²) in [7, 11) is 0.686. The largest absolute Gasteiger partial charge is 0.0871 e. The second-order valence-corrected chi connectivity index (χ2v) is 6.97. The Labute approximate surface area is 144 Å². The average molecular weight is 326 g/mol. The molecule has 0 bridgehead atoms. The quantitative estimate of drug-likeness (QED) is 0.298. The van der Waals surface area contributed by atoms with Crippen LogP contribution < -0.4 is 5.30 Å². The van der Waals surface area contributed by atoms with Crippen LogP contribution >= 0.6 is 8.58 Å². The molecule has 4 rings (SSSR count). The SMILES string of the molecule is C/C=C\Pc1c2ccccc2c(-c2ccccc2)c2ccccc12. The van der Waals surface area contributed by atoms with E-state index in [1.165, 1.54) is 38.0 Å². The van der Waals surface area contributed by atoms with Crippen molar-refractivity contribution >= 4 is 35.4 Å². The number of allylic oxidation sites excluding steroid dienone is 1. The van der Waals surface area contributed by atoms with Gasteiger partial charge in [-0.3, -0.25) is 0 Å². The first-order valence-electron chi connectivity index (χ1n) is 8.26. The number of rotatable bonds is 3. The van der Waals surface area contributed by atoms with Gasteiger partial charge in [0.2, 0.25) is 0 Å². The smallest absolute Gasteiger partial charge is 0.00264 e. The van der Waals surface area contributed by atoms with E-state index in [1.54, 1.807) is 0 Å². The minimum atomic E-state index is 0.686. The summed E-state index contributed by atoms with van der Waals surface area (Å²) in [4.78, 5) is 0. The molecule has 24 heavy (non-hydrogen) atoms. The van der Waals surface area contributed by atoms with Crippen LogP contribution in [-0.2, 0) is 0 Å². The Kier molecular flexibility index (Phi) is 4.15. The highest BCUT2D eigenvalue weighted by Gasteiger charge is 2.13. The zero-order chi connectivity index (χ0) is 16.4. The normalized spacial score (nSPS) is 12.0. The van der Waals surface area contributed by atoms with Gasteiger partial charge in [-0.1, -0.05) is 99.3 Å². The van der Waals surface area contributed by atoms with Crippen LogP contribution in [-0.4, -0.2) is 0 Å². The molecule has 0 N–H and O–H groups in total. The third-order valence-electron chi connectivity index (χ3n) is 4.39. The Balaban J connectivity index is 2.19. The fourth-order valence-corrected chi connectivity index (χ4v) is 4.45. The summed E-state index contributed by atoms with van der Waals surface area (Å²) in [6, 6.07) is 28.4. The molecule has 0 aliphatic rings. The first-order valence-corrected chi connectivity index (χ1v) is 9.34. The maximum absolute atomic E-state index is 2.27. The van der Waals surface area contributed by atoms with E-state index in [0.717, 1.165) is 0 Å². The molecular weight excluding hydrogens is 307 g/mol. The Morgan fingerprint density at radius 3 is 1.67 bits per heavy atom. The van der Waals surface area contributed by atoms with Crippen LogP contribution in [0, 0.1) is 0 Å². The molecule has 0 fully saturated rings. The summed E-state index contributed by atoms with van der Waals surface area (Å²) in [6.45, 7) is 2.09. The predicted octanol–water partition coefficient (Wildman–Crippen LogP) is 6.50. The molecule has 0 radical (unpaired) electrons. The van der Waals surface area contributed by atoms with Gasteiger partial charge in [-0.2, -0.15) is 0 Å². The highest BCUT2D eigenvalue weighted by Crippen LogP contribution is 2.37. The van der Waals surface area contributed by atoms with Crippen LogP contribution in [0.2, 0.25) is 0 Å². The van der Waals surface area contributed by atoms with Crippen LogP contribution in [0.1, 0.15) is 6.92 Å². The van der Waals surface area contributed by atoms with Gasteiger partial charge in [0.25, 0.3) is 0 Å². The molecule has 0 saturated heterocycles. The van der Waals surface area contributed by atoms with Gasteiger partial charge in [-0.05, 0) is 44.9 Å². The molecule has 1 heteroatoms. The lowest BCUT2D eigenvalue weighted by atomic mass is 9.92. The summed E-state index contributed by atoms with van der Waals surface area (Å²) in [6.07, 6.45) is 2.15. The number of hydrogen-bond acceptors (Lipinski definition) is 0. The third kappa shape index (κ3) is 2.54. The van der Waals surface area contributed by atoms with Crippen molar-refractivity contribution in [1.82, 2.24) is 0 Å². The van der Waals surface area contributed by atoms with Crippen molar-refractivity contribution in [1.29, 1.82) is 0 Å². The van der Waals surface area contributed by atoms with Crippen LogP contribution in [0.3, 0.4) is 0 Å². The monoisotopic (exact) mass is 326 g/mol. The molecule has 0 saturated carbocycles. The van der Waals surface area contributed by atoms with Crippen molar-refractivity contribution in [3.8, 4) is 11.1 Å². The molecule has 0 aliphatic carbocycles. The summed E-state index contributed by atoms with van der Waals surface area (Å²) >= 11 is 0. The minimum absolute atomic E-state index is 0.686. The Morgan fingerprint density at radius 2 is 1.12 bits per heavy atom. The summed E-state index contributed by atoms with van der Waals surface area (Å²) in [5.74, 6) is 2.27. The van der Waals surface area contributed by atoms with E-state index in [4.69, 9.17) is 0 Å². The average Bonchev–Trinajstić information content (AvgIpc) is 2.66. The Hall–Kier alpha value is -2.43. The molecule has 0 aliphatic heterocycles. The molecule has 4 aromatic rings. The summed E-state index contributed by atoms with van der Waals surface area (Å²) in [5, 5.41) is 6.86. The highest BCUT2D eigenvalue weighted by atomic mass is 31.1. The maximum atomic E-state index is 2.27. The molecule has 0 spiro atoms. The van der Waals surface area contributed by atoms with Gasteiger partial charge in [-0.25, -0.2) is 0 Å². The van der Waals surface area contributed by atoms with E-state index in [1.807, 2.05) is 0 Å². The second kappa shape index (κ2) is 6.59. The number of benzene rings is 4. The van der Waals surface area contributed by atoms with Gasteiger partial charge in [-0.15, -0.1) is 0 Å². The molecule has 0 heterocycles. The molecule has 0 nitrogen and oxygen atoms in total. The minimum Gasteiger partial charge on any atom is -0.0871 e. The maximum Gasteiger partial charge on any atom is -0.00264 e. The van der Waals surface area contributed by atoms with Gasteiger partial charge >= 0.3 is 0 Å². The van der Waals surface area contributed by atoms with E-state index >= 15 is 0 Å². The van der Waals surface area contributed by atoms with Gasteiger partial charge in [0, 0.05) is 0 Å². The van der Waals surface area contributed by atoms with Gasteiger partial charge < -0.3 is 0 Å². The Bertz CT molecular complexity index is 973. The summed E-state index contributed by atoms with van der Waals surface area (Å²) < 4.78 is 0. The van der Waals surface area contributed by atoms with Crippen molar-refractivity contribution < 1.29 is 0 Å². The molecule has 0 amide bonds. The fraction of sp³-hybridized carbons (Fsp3) is 0.0435. The Morgan fingerprint density at radius 1 is 0.625 bits per heavy atom. The topological polar surface area (TPSA) is 0 Å². The zero-order valence-corrected chi connectivity index (χ0v) is 14.7. The molecule has 1 atom stereocenters. The fourth-order valence-electron chi connectivity index (χ4n) is 3.37. The van der Waals surface area contributed by atoms with Crippen molar-refractivity contribution in [2.75, 3.05) is 0 Å². The molecule has 116 valence electrons. The molecule has 0 aromatic heterocycles. The van der Waals surface area contributed by atoms with Crippen molar-refractivity contribution in [2.45, 2.75) is 6.92 Å². The van der Waals surface area contributed by atoms with Crippen molar-refractivity contribution in [3.63, 3.8) is 0 Å². The predicted molar refractivity (Wildman–Crippen MR) is 110 cm³/mol. The van der Waals surface area contributed by atoms with E-state index in [9.17, 15) is 0 Å². The lowest BCUT2D eigenvalue weighted by Crippen LogP contribution is -2.01. The van der Waals surface area contributed by atoms with E-state index < -0.39 is 0 Å². The van der Waals surface area contributed by atoms with Crippen LogP contribution in [0.25, 0.3) is 32.7 Å². The van der Waals surface area contributed by atoms with Crippen molar-refractivity contribution in [2.24, 2.45) is 0 Å². The third-order valence-corrected chi connectivity index (χ3v) is 5.72. The molecular formula is C23H19P. The number of fused-ring (bicyclic) bond motifs is 2. The molecule has 1 unspecified atom stereocenters. The van der Waals surface area contributed by atoms with Crippen molar-refractivity contribution in [3.05, 3.63) is 90.8 Å². The van der Waals surface area contributed by atoms with Crippen LogP contribution in [0.4, 0.5) is 0 Å².